The molecule has 0 unspecified atom stereocenters. The van der Waals surface area contributed by atoms with Gasteiger partial charge in [-0.1, -0.05) is 29.8 Å². The van der Waals surface area contributed by atoms with Crippen LogP contribution in [0.2, 0.25) is 5.02 Å². The first-order valence-corrected chi connectivity index (χ1v) is 9.76. The van der Waals surface area contributed by atoms with Crippen LogP contribution in [-0.2, 0) is 0 Å². The van der Waals surface area contributed by atoms with Gasteiger partial charge in [-0.25, -0.2) is 4.68 Å². The predicted molar refractivity (Wildman–Crippen MR) is 111 cm³/mol. The summed E-state index contributed by atoms with van der Waals surface area (Å²) in [5.41, 5.74) is 0.958. The molecule has 0 radical (unpaired) electrons. The maximum atomic E-state index is 13.8. The summed E-state index contributed by atoms with van der Waals surface area (Å²) in [7, 11) is 1.52. The Bertz CT molecular complexity index is 1100. The molecule has 2 atom stereocenters. The zero-order chi connectivity index (χ0) is 22.2. The minimum atomic E-state index is -4.53. The van der Waals surface area contributed by atoms with E-state index < -0.39 is 24.2 Å². The number of methoxy groups -OCH3 is 1. The van der Waals surface area contributed by atoms with Crippen LogP contribution < -0.4 is 15.4 Å². The molecule has 6 nitrogen and oxygen atoms in total. The Morgan fingerprint density at radius 1 is 1.23 bits per heavy atom. The number of hydrogen-bond donors (Lipinski definition) is 2. The Balaban J connectivity index is 1.63. The topological polar surface area (TPSA) is 68.2 Å². The van der Waals surface area contributed by atoms with Crippen LogP contribution in [0.4, 0.5) is 24.7 Å². The highest BCUT2D eigenvalue weighted by Crippen LogP contribution is 2.43. The highest BCUT2D eigenvalue weighted by atomic mass is 35.5. The van der Waals surface area contributed by atoms with Gasteiger partial charge in [0.15, 0.2) is 11.7 Å². The quantitative estimate of drug-likeness (QED) is 0.554. The van der Waals surface area contributed by atoms with E-state index in [2.05, 4.69) is 15.7 Å². The van der Waals surface area contributed by atoms with Gasteiger partial charge in [0.1, 0.15) is 11.6 Å². The molecule has 4 rings (SSSR count). The predicted octanol–water partition coefficient (Wildman–Crippen LogP) is 5.46. The maximum Gasteiger partial charge on any atom is 0.410 e. The second-order valence-electron chi connectivity index (χ2n) is 7.09. The molecule has 2 N–H and O–H groups in total. The Labute approximate surface area is 181 Å². The summed E-state index contributed by atoms with van der Waals surface area (Å²) in [6.07, 6.45) is -4.80. The number of hydrogen-bond acceptors (Lipinski definition) is 4. The van der Waals surface area contributed by atoms with Crippen molar-refractivity contribution in [2.24, 2.45) is 0 Å². The molecule has 0 aliphatic carbocycles. The minimum absolute atomic E-state index is 0.116. The lowest BCUT2D eigenvalue weighted by molar-refractivity contribution is -0.173. The smallest absolute Gasteiger partial charge is 0.410 e. The van der Waals surface area contributed by atoms with E-state index in [0.717, 1.165) is 4.68 Å². The summed E-state index contributed by atoms with van der Waals surface area (Å²) >= 11 is 5.91. The van der Waals surface area contributed by atoms with E-state index >= 15 is 0 Å². The van der Waals surface area contributed by atoms with Crippen LogP contribution in [0.15, 0.2) is 54.6 Å². The SMILES string of the molecule is COc1ccc([C@H]2C[C@@H](C(F)(F)F)n3nc(C(=O)Nc4cccc(Cl)c4)cc3N2)cc1. The molecule has 0 spiro atoms. The first-order valence-electron chi connectivity index (χ1n) is 9.38. The number of nitrogens with one attached hydrogen (secondary N) is 2. The number of nitrogens with zero attached hydrogens (tertiary/aromatic N) is 2. The van der Waals surface area contributed by atoms with Crippen molar-refractivity contribution in [3.8, 4) is 5.75 Å². The minimum Gasteiger partial charge on any atom is -0.497 e. The van der Waals surface area contributed by atoms with Crippen molar-refractivity contribution in [1.82, 2.24) is 9.78 Å². The molecule has 1 aromatic heterocycles. The van der Waals surface area contributed by atoms with Gasteiger partial charge in [0.2, 0.25) is 0 Å². The first-order chi connectivity index (χ1) is 14.7. The normalized spacial score (nSPS) is 18.1. The summed E-state index contributed by atoms with van der Waals surface area (Å²) < 4.78 is 47.3. The summed E-state index contributed by atoms with van der Waals surface area (Å²) in [6.45, 7) is 0. The monoisotopic (exact) mass is 450 g/mol. The van der Waals surface area contributed by atoms with Crippen LogP contribution in [0.3, 0.4) is 0 Å². The number of alkyl halides is 3. The van der Waals surface area contributed by atoms with Crippen molar-refractivity contribution in [2.75, 3.05) is 17.7 Å². The largest absolute Gasteiger partial charge is 0.497 e. The molecule has 162 valence electrons. The molecule has 2 aromatic carbocycles. The standard InChI is InChI=1S/C21H18ClF3N4O2/c1-31-15-7-5-12(6-8-15)16-10-18(21(23,24)25)29-19(27-16)11-17(28-29)20(30)26-14-4-2-3-13(22)9-14/h2-9,11,16,18,27H,10H2,1H3,(H,26,30)/t16-,18+/m1/s1. The number of halogens is 4. The Kier molecular flexibility index (Phi) is 5.53. The van der Waals surface area contributed by atoms with Crippen molar-refractivity contribution < 1.29 is 22.7 Å². The average molecular weight is 451 g/mol. The average Bonchev–Trinajstić information content (AvgIpc) is 3.16. The third-order valence-corrected chi connectivity index (χ3v) is 5.26. The Morgan fingerprint density at radius 3 is 2.61 bits per heavy atom. The van der Waals surface area contributed by atoms with Gasteiger partial charge in [-0.3, -0.25) is 4.79 Å². The number of ether oxygens (including phenoxy) is 1. The van der Waals surface area contributed by atoms with Crippen molar-refractivity contribution in [3.05, 3.63) is 70.9 Å². The zero-order valence-electron chi connectivity index (χ0n) is 16.3. The van der Waals surface area contributed by atoms with E-state index in [1.165, 1.54) is 19.2 Å². The molecule has 3 aromatic rings. The van der Waals surface area contributed by atoms with E-state index in [-0.39, 0.29) is 17.9 Å². The maximum absolute atomic E-state index is 13.8. The van der Waals surface area contributed by atoms with Crippen LogP contribution in [0, 0.1) is 0 Å². The fourth-order valence-corrected chi connectivity index (χ4v) is 3.69. The van der Waals surface area contributed by atoms with Gasteiger partial charge >= 0.3 is 6.18 Å². The van der Waals surface area contributed by atoms with Crippen molar-refractivity contribution >= 4 is 29.0 Å². The Hall–Kier alpha value is -3.20. The highest BCUT2D eigenvalue weighted by Gasteiger charge is 2.46. The highest BCUT2D eigenvalue weighted by molar-refractivity contribution is 6.30. The lowest BCUT2D eigenvalue weighted by Gasteiger charge is -2.33. The third-order valence-electron chi connectivity index (χ3n) is 5.02. The number of amides is 1. The van der Waals surface area contributed by atoms with E-state index in [1.807, 2.05) is 0 Å². The van der Waals surface area contributed by atoms with Crippen LogP contribution in [-0.4, -0.2) is 29.0 Å². The molecule has 0 saturated carbocycles. The number of aromatic nitrogens is 2. The van der Waals surface area contributed by atoms with Gasteiger partial charge in [0.25, 0.3) is 5.91 Å². The molecule has 2 heterocycles. The lowest BCUT2D eigenvalue weighted by atomic mass is 9.97. The summed E-state index contributed by atoms with van der Waals surface area (Å²) in [4.78, 5) is 12.6. The third kappa shape index (κ3) is 4.46. The van der Waals surface area contributed by atoms with Crippen LogP contribution in [0.25, 0.3) is 0 Å². The fourth-order valence-electron chi connectivity index (χ4n) is 3.50. The molecule has 0 saturated heterocycles. The molecule has 1 amide bonds. The van der Waals surface area contributed by atoms with Gasteiger partial charge in [0.05, 0.1) is 13.2 Å². The molecular formula is C21H18ClF3N4O2. The molecule has 0 fully saturated rings. The van der Waals surface area contributed by atoms with Crippen molar-refractivity contribution in [3.63, 3.8) is 0 Å². The number of anilines is 2. The second kappa shape index (κ2) is 8.14. The van der Waals surface area contributed by atoms with Crippen LogP contribution >= 0.6 is 11.6 Å². The molecule has 10 heteroatoms. The number of rotatable bonds is 4. The van der Waals surface area contributed by atoms with Gasteiger partial charge in [-0.2, -0.15) is 18.3 Å². The van der Waals surface area contributed by atoms with Gasteiger partial charge in [-0.05, 0) is 35.9 Å². The number of benzene rings is 2. The zero-order valence-corrected chi connectivity index (χ0v) is 17.0. The molecular weight excluding hydrogens is 433 g/mol. The van der Waals surface area contributed by atoms with Gasteiger partial charge in [0, 0.05) is 23.2 Å². The Morgan fingerprint density at radius 2 is 1.97 bits per heavy atom. The second-order valence-corrected chi connectivity index (χ2v) is 7.52. The van der Waals surface area contributed by atoms with Crippen molar-refractivity contribution in [1.29, 1.82) is 0 Å². The molecule has 1 aliphatic rings. The fraction of sp³-hybridized carbons (Fsp3) is 0.238. The lowest BCUT2D eigenvalue weighted by Crippen LogP contribution is -2.35. The molecule has 31 heavy (non-hydrogen) atoms. The number of carbonyl (C=O) groups excluding carboxylic acids is 1. The van der Waals surface area contributed by atoms with E-state index in [9.17, 15) is 18.0 Å². The van der Waals surface area contributed by atoms with Crippen LogP contribution in [0.1, 0.15) is 34.6 Å². The summed E-state index contributed by atoms with van der Waals surface area (Å²) in [5, 5.41) is 10.0. The molecule has 1 aliphatic heterocycles. The summed E-state index contributed by atoms with van der Waals surface area (Å²) in [5.74, 6) is 0.0930. The van der Waals surface area contributed by atoms with Gasteiger partial charge < -0.3 is 15.4 Å². The number of carbonyl (C=O) groups is 1. The molecule has 0 bridgehead atoms. The van der Waals surface area contributed by atoms with Gasteiger partial charge in [-0.15, -0.1) is 0 Å². The number of fused-ring (bicyclic) bond motifs is 1. The van der Waals surface area contributed by atoms with Crippen molar-refractivity contribution in [2.45, 2.75) is 24.7 Å². The van der Waals surface area contributed by atoms with E-state index in [0.29, 0.717) is 22.0 Å². The van der Waals surface area contributed by atoms with E-state index in [4.69, 9.17) is 16.3 Å². The summed E-state index contributed by atoms with van der Waals surface area (Å²) in [6, 6.07) is 12.1. The first kappa shape index (κ1) is 21.0. The van der Waals surface area contributed by atoms with Crippen LogP contribution in [0.5, 0.6) is 5.75 Å². The van der Waals surface area contributed by atoms with E-state index in [1.54, 1.807) is 42.5 Å².